The molecule has 2 rings (SSSR count). The van der Waals surface area contributed by atoms with Crippen LogP contribution in [0.2, 0.25) is 0 Å². The second kappa shape index (κ2) is 6.98. The average Bonchev–Trinajstić information content (AvgIpc) is 2.84. The largest absolute Gasteiger partial charge is 0.416 e. The maximum atomic E-state index is 12.5. The zero-order valence-electron chi connectivity index (χ0n) is 12.8. The number of hydrogen-bond donors (Lipinski definition) is 1. The fourth-order valence-corrected chi connectivity index (χ4v) is 2.70. The van der Waals surface area contributed by atoms with Gasteiger partial charge in [-0.3, -0.25) is 4.90 Å². The molecule has 0 aliphatic carbocycles. The summed E-state index contributed by atoms with van der Waals surface area (Å²) in [4.78, 5) is 2.08. The molecule has 1 heterocycles. The number of aliphatic hydroxyl groups excluding tert-OH is 1. The maximum Gasteiger partial charge on any atom is 0.416 e. The Morgan fingerprint density at radius 2 is 1.91 bits per heavy atom. The van der Waals surface area contributed by atoms with Crippen molar-refractivity contribution in [1.82, 2.24) is 4.90 Å². The van der Waals surface area contributed by atoms with E-state index in [0.29, 0.717) is 12.1 Å². The van der Waals surface area contributed by atoms with Gasteiger partial charge in [0.05, 0.1) is 23.9 Å². The molecule has 1 N–H and O–H groups in total. The Balaban J connectivity index is 1.89. The molecule has 6 heteroatoms. The van der Waals surface area contributed by atoms with Crippen molar-refractivity contribution < 1.29 is 23.0 Å². The number of likely N-dealkylation sites (tertiary alicyclic amines) is 1. The van der Waals surface area contributed by atoms with E-state index in [1.807, 2.05) is 13.8 Å². The van der Waals surface area contributed by atoms with Crippen molar-refractivity contribution in [2.45, 2.75) is 44.8 Å². The second-order valence-corrected chi connectivity index (χ2v) is 5.99. The van der Waals surface area contributed by atoms with E-state index in [1.54, 1.807) is 0 Å². The minimum absolute atomic E-state index is 0.166. The Kier molecular flexibility index (Phi) is 5.47. The zero-order chi connectivity index (χ0) is 16.3. The van der Waals surface area contributed by atoms with Crippen LogP contribution in [0.25, 0.3) is 0 Å². The molecule has 3 nitrogen and oxygen atoms in total. The van der Waals surface area contributed by atoms with Gasteiger partial charge in [0.25, 0.3) is 0 Å². The highest BCUT2D eigenvalue weighted by atomic mass is 19.4. The molecule has 0 unspecified atom stereocenters. The molecule has 1 aromatic carbocycles. The summed E-state index contributed by atoms with van der Waals surface area (Å²) in [5.74, 6) is 0. The molecule has 0 saturated carbocycles. The van der Waals surface area contributed by atoms with E-state index in [-0.39, 0.29) is 12.2 Å². The lowest BCUT2D eigenvalue weighted by Crippen LogP contribution is -2.29. The van der Waals surface area contributed by atoms with E-state index in [2.05, 4.69) is 4.90 Å². The molecule has 0 spiro atoms. The zero-order valence-corrected chi connectivity index (χ0v) is 12.8. The summed E-state index contributed by atoms with van der Waals surface area (Å²) in [6, 6.07) is 4.69. The summed E-state index contributed by atoms with van der Waals surface area (Å²) in [5.41, 5.74) is -0.198. The number of benzene rings is 1. The summed E-state index contributed by atoms with van der Waals surface area (Å²) in [7, 11) is 0. The van der Waals surface area contributed by atoms with Crippen LogP contribution in [0.15, 0.2) is 24.3 Å². The Morgan fingerprint density at radius 3 is 2.45 bits per heavy atom. The van der Waals surface area contributed by atoms with Gasteiger partial charge in [0.15, 0.2) is 0 Å². The maximum absolute atomic E-state index is 12.5. The van der Waals surface area contributed by atoms with E-state index in [4.69, 9.17) is 4.74 Å². The molecule has 124 valence electrons. The molecule has 0 amide bonds. The van der Waals surface area contributed by atoms with Crippen LogP contribution >= 0.6 is 0 Å². The van der Waals surface area contributed by atoms with Gasteiger partial charge in [0.1, 0.15) is 0 Å². The average molecular weight is 317 g/mol. The minimum atomic E-state index is -4.35. The van der Waals surface area contributed by atoms with Crippen LogP contribution in [0.4, 0.5) is 13.2 Å². The van der Waals surface area contributed by atoms with Gasteiger partial charge >= 0.3 is 6.18 Å². The highest BCUT2D eigenvalue weighted by molar-refractivity contribution is 5.26. The van der Waals surface area contributed by atoms with E-state index in [0.717, 1.165) is 31.6 Å². The summed E-state index contributed by atoms with van der Waals surface area (Å²) in [6.45, 7) is 5.95. The molecule has 1 aliphatic heterocycles. The van der Waals surface area contributed by atoms with E-state index < -0.39 is 17.8 Å². The first-order chi connectivity index (χ1) is 10.3. The van der Waals surface area contributed by atoms with Crippen LogP contribution < -0.4 is 0 Å². The van der Waals surface area contributed by atoms with Crippen LogP contribution in [0.1, 0.15) is 37.5 Å². The molecule has 1 aromatic rings. The van der Waals surface area contributed by atoms with Gasteiger partial charge < -0.3 is 9.84 Å². The molecular formula is C16H22F3NO2. The monoisotopic (exact) mass is 317 g/mol. The summed E-state index contributed by atoms with van der Waals surface area (Å²) in [6.07, 6.45) is -3.89. The Bertz CT molecular complexity index is 473. The molecule has 22 heavy (non-hydrogen) atoms. The van der Waals surface area contributed by atoms with Gasteiger partial charge in [-0.2, -0.15) is 13.2 Å². The smallest absolute Gasteiger partial charge is 0.387 e. The van der Waals surface area contributed by atoms with Crippen molar-refractivity contribution in [3.8, 4) is 0 Å². The normalized spacial score (nSPS) is 21.5. The van der Waals surface area contributed by atoms with Crippen molar-refractivity contribution in [2.24, 2.45) is 0 Å². The number of halogens is 3. The third kappa shape index (κ3) is 4.69. The molecule has 1 fully saturated rings. The first kappa shape index (κ1) is 17.2. The molecule has 0 aromatic heterocycles. The molecule has 0 radical (unpaired) electrons. The summed E-state index contributed by atoms with van der Waals surface area (Å²) in [5, 5.41) is 10.2. The number of hydrogen-bond acceptors (Lipinski definition) is 3. The van der Waals surface area contributed by atoms with Crippen molar-refractivity contribution in [2.75, 3.05) is 19.6 Å². The van der Waals surface area contributed by atoms with Gasteiger partial charge in [-0.25, -0.2) is 0 Å². The SMILES string of the molecule is CC(C)O[C@@H]1CCN(C[C@H](O)c2ccc(C(F)(F)F)cc2)C1. The number of aliphatic hydroxyl groups is 1. The number of nitrogens with zero attached hydrogens (tertiary/aromatic N) is 1. The van der Waals surface area contributed by atoms with Gasteiger partial charge in [-0.1, -0.05) is 12.1 Å². The first-order valence-electron chi connectivity index (χ1n) is 7.48. The standard InChI is InChI=1S/C16H22F3NO2/c1-11(2)22-14-7-8-20(9-14)10-15(21)12-3-5-13(6-4-12)16(17,18)19/h3-6,11,14-15,21H,7-10H2,1-2H3/t14-,15+/m1/s1. The highest BCUT2D eigenvalue weighted by Crippen LogP contribution is 2.30. The third-order valence-electron chi connectivity index (χ3n) is 3.75. The Labute approximate surface area is 128 Å². The van der Waals surface area contributed by atoms with Crippen LogP contribution in [0.3, 0.4) is 0 Å². The lowest BCUT2D eigenvalue weighted by molar-refractivity contribution is -0.137. The first-order valence-corrected chi connectivity index (χ1v) is 7.48. The number of ether oxygens (including phenoxy) is 1. The number of β-amino-alcohol motifs (C(OH)–C–C–N with tert-alkyl or cyclic N) is 1. The third-order valence-corrected chi connectivity index (χ3v) is 3.75. The quantitative estimate of drug-likeness (QED) is 0.905. The predicted octanol–water partition coefficient (Wildman–Crippen LogP) is 3.24. The Morgan fingerprint density at radius 1 is 1.27 bits per heavy atom. The Hall–Kier alpha value is -1.11. The molecule has 1 saturated heterocycles. The van der Waals surface area contributed by atoms with Gasteiger partial charge in [0, 0.05) is 19.6 Å². The predicted molar refractivity (Wildman–Crippen MR) is 77.5 cm³/mol. The van der Waals surface area contributed by atoms with Crippen LogP contribution in [-0.2, 0) is 10.9 Å². The fraction of sp³-hybridized carbons (Fsp3) is 0.625. The molecule has 1 aliphatic rings. The van der Waals surface area contributed by atoms with E-state index in [9.17, 15) is 18.3 Å². The second-order valence-electron chi connectivity index (χ2n) is 5.99. The van der Waals surface area contributed by atoms with E-state index >= 15 is 0 Å². The van der Waals surface area contributed by atoms with Crippen molar-refractivity contribution in [3.05, 3.63) is 35.4 Å². The topological polar surface area (TPSA) is 32.7 Å². The summed E-state index contributed by atoms with van der Waals surface area (Å²) < 4.78 is 43.3. The minimum Gasteiger partial charge on any atom is -0.387 e. The van der Waals surface area contributed by atoms with Crippen LogP contribution in [0, 0.1) is 0 Å². The molecule has 0 bridgehead atoms. The fourth-order valence-electron chi connectivity index (χ4n) is 2.70. The van der Waals surface area contributed by atoms with Crippen LogP contribution in [0.5, 0.6) is 0 Å². The summed E-state index contributed by atoms with van der Waals surface area (Å²) >= 11 is 0. The highest BCUT2D eigenvalue weighted by Gasteiger charge is 2.30. The lowest BCUT2D eigenvalue weighted by atomic mass is 10.1. The molecule has 2 atom stereocenters. The van der Waals surface area contributed by atoms with Gasteiger partial charge in [-0.15, -0.1) is 0 Å². The van der Waals surface area contributed by atoms with Gasteiger partial charge in [-0.05, 0) is 38.0 Å². The lowest BCUT2D eigenvalue weighted by Gasteiger charge is -2.21. The van der Waals surface area contributed by atoms with E-state index in [1.165, 1.54) is 12.1 Å². The number of rotatable bonds is 5. The van der Waals surface area contributed by atoms with Crippen molar-refractivity contribution in [1.29, 1.82) is 0 Å². The molecular weight excluding hydrogens is 295 g/mol. The van der Waals surface area contributed by atoms with Crippen molar-refractivity contribution in [3.63, 3.8) is 0 Å². The number of alkyl halides is 3. The van der Waals surface area contributed by atoms with Gasteiger partial charge in [0.2, 0.25) is 0 Å². The van der Waals surface area contributed by atoms with Crippen LogP contribution in [-0.4, -0.2) is 41.8 Å². The van der Waals surface area contributed by atoms with Crippen molar-refractivity contribution >= 4 is 0 Å².